The molecule has 5 heteroatoms. The first-order valence-electron chi connectivity index (χ1n) is 7.49. The molecule has 5 nitrogen and oxygen atoms in total. The predicted octanol–water partition coefficient (Wildman–Crippen LogP) is 0.471. The van der Waals surface area contributed by atoms with Crippen molar-refractivity contribution < 1.29 is 14.6 Å². The van der Waals surface area contributed by atoms with Gasteiger partial charge in [-0.1, -0.05) is 6.92 Å². The maximum Gasteiger partial charge on any atom is 0.225 e. The van der Waals surface area contributed by atoms with Crippen molar-refractivity contribution in [1.29, 1.82) is 0 Å². The molecule has 0 aromatic heterocycles. The molecule has 2 aliphatic heterocycles. The second kappa shape index (κ2) is 7.22. The lowest BCUT2D eigenvalue weighted by Gasteiger charge is -2.38. The van der Waals surface area contributed by atoms with Gasteiger partial charge in [-0.25, -0.2) is 0 Å². The lowest BCUT2D eigenvalue weighted by atomic mass is 10.1. The van der Waals surface area contributed by atoms with Crippen LogP contribution in [0.15, 0.2) is 0 Å². The van der Waals surface area contributed by atoms with Crippen LogP contribution in [0.25, 0.3) is 0 Å². The van der Waals surface area contributed by atoms with Crippen LogP contribution in [-0.4, -0.2) is 72.4 Å². The molecule has 0 radical (unpaired) electrons. The SMILES string of the molecule is CCC(CO)N1CCN(C(=O)CC2CCCO2)CC1. The minimum absolute atomic E-state index is 0.145. The highest BCUT2D eigenvalue weighted by molar-refractivity contribution is 5.76. The first kappa shape index (κ1) is 14.8. The Bertz CT molecular complexity index is 280. The first-order chi connectivity index (χ1) is 9.24. The third-order valence-corrected chi connectivity index (χ3v) is 4.29. The van der Waals surface area contributed by atoms with Gasteiger partial charge in [-0.3, -0.25) is 9.69 Å². The number of aliphatic hydroxyl groups excluding tert-OH is 1. The fraction of sp³-hybridized carbons (Fsp3) is 0.929. The molecule has 2 heterocycles. The standard InChI is InChI=1S/C14H26N2O3/c1-2-12(11-17)15-5-7-16(8-6-15)14(18)10-13-4-3-9-19-13/h12-13,17H,2-11H2,1H3. The molecule has 0 bridgehead atoms. The Hall–Kier alpha value is -0.650. The Balaban J connectivity index is 1.74. The van der Waals surface area contributed by atoms with E-state index in [0.717, 1.165) is 52.0 Å². The van der Waals surface area contributed by atoms with Crippen LogP contribution < -0.4 is 0 Å². The number of hydrogen-bond donors (Lipinski definition) is 1. The van der Waals surface area contributed by atoms with Crippen LogP contribution in [-0.2, 0) is 9.53 Å². The van der Waals surface area contributed by atoms with Crippen molar-refractivity contribution in [3.8, 4) is 0 Å². The number of carbonyl (C=O) groups is 1. The zero-order chi connectivity index (χ0) is 13.7. The number of carbonyl (C=O) groups excluding carboxylic acids is 1. The highest BCUT2D eigenvalue weighted by Gasteiger charge is 2.27. The summed E-state index contributed by atoms with van der Waals surface area (Å²) >= 11 is 0. The Morgan fingerprint density at radius 3 is 2.63 bits per heavy atom. The Labute approximate surface area is 115 Å². The van der Waals surface area contributed by atoms with Crippen LogP contribution in [0.4, 0.5) is 0 Å². The van der Waals surface area contributed by atoms with Crippen molar-refractivity contribution in [2.24, 2.45) is 0 Å². The van der Waals surface area contributed by atoms with Gasteiger partial charge in [0.2, 0.25) is 5.91 Å². The molecule has 110 valence electrons. The van der Waals surface area contributed by atoms with E-state index in [1.165, 1.54) is 0 Å². The van der Waals surface area contributed by atoms with Crippen molar-refractivity contribution in [1.82, 2.24) is 9.80 Å². The van der Waals surface area contributed by atoms with Crippen LogP contribution >= 0.6 is 0 Å². The van der Waals surface area contributed by atoms with E-state index in [1.807, 2.05) is 4.90 Å². The average Bonchev–Trinajstić information content (AvgIpc) is 2.94. The van der Waals surface area contributed by atoms with E-state index in [4.69, 9.17) is 4.74 Å². The van der Waals surface area contributed by atoms with E-state index < -0.39 is 0 Å². The van der Waals surface area contributed by atoms with E-state index in [9.17, 15) is 9.90 Å². The first-order valence-corrected chi connectivity index (χ1v) is 7.49. The van der Waals surface area contributed by atoms with Gasteiger partial charge < -0.3 is 14.7 Å². The molecule has 2 aliphatic rings. The number of ether oxygens (including phenoxy) is 1. The summed E-state index contributed by atoms with van der Waals surface area (Å²) in [4.78, 5) is 16.4. The van der Waals surface area contributed by atoms with E-state index in [-0.39, 0.29) is 24.7 Å². The normalized spacial score (nSPS) is 26.6. The highest BCUT2D eigenvalue weighted by Crippen LogP contribution is 2.17. The zero-order valence-electron chi connectivity index (χ0n) is 11.9. The van der Waals surface area contributed by atoms with E-state index >= 15 is 0 Å². The summed E-state index contributed by atoms with van der Waals surface area (Å²) in [6.07, 6.45) is 3.75. The molecule has 2 rings (SSSR count). The van der Waals surface area contributed by atoms with Gasteiger partial charge >= 0.3 is 0 Å². The Morgan fingerprint density at radius 1 is 1.37 bits per heavy atom. The molecular weight excluding hydrogens is 244 g/mol. The Morgan fingerprint density at radius 2 is 2.11 bits per heavy atom. The molecule has 2 saturated heterocycles. The molecule has 0 aromatic carbocycles. The maximum absolute atomic E-state index is 12.1. The fourth-order valence-corrected chi connectivity index (χ4v) is 2.97. The van der Waals surface area contributed by atoms with Gasteiger partial charge in [-0.2, -0.15) is 0 Å². The molecule has 19 heavy (non-hydrogen) atoms. The van der Waals surface area contributed by atoms with E-state index in [2.05, 4.69) is 11.8 Å². The molecule has 0 aliphatic carbocycles. The smallest absolute Gasteiger partial charge is 0.225 e. The summed E-state index contributed by atoms with van der Waals surface area (Å²) in [5, 5.41) is 9.30. The topological polar surface area (TPSA) is 53.0 Å². The number of aliphatic hydroxyl groups is 1. The van der Waals surface area contributed by atoms with Crippen molar-refractivity contribution in [3.63, 3.8) is 0 Å². The molecule has 2 atom stereocenters. The fourth-order valence-electron chi connectivity index (χ4n) is 2.97. The van der Waals surface area contributed by atoms with Gasteiger partial charge in [0, 0.05) is 38.8 Å². The van der Waals surface area contributed by atoms with Gasteiger partial charge in [0.1, 0.15) is 0 Å². The monoisotopic (exact) mass is 270 g/mol. The minimum Gasteiger partial charge on any atom is -0.395 e. The number of nitrogens with zero attached hydrogens (tertiary/aromatic N) is 2. The lowest BCUT2D eigenvalue weighted by Crippen LogP contribution is -2.53. The van der Waals surface area contributed by atoms with Crippen LogP contribution in [0.2, 0.25) is 0 Å². The van der Waals surface area contributed by atoms with E-state index in [0.29, 0.717) is 6.42 Å². The molecule has 2 unspecified atom stereocenters. The zero-order valence-corrected chi connectivity index (χ0v) is 11.9. The molecule has 0 saturated carbocycles. The molecule has 2 fully saturated rings. The molecule has 1 N–H and O–H groups in total. The number of piperazine rings is 1. The van der Waals surface area contributed by atoms with Gasteiger partial charge in [0.15, 0.2) is 0 Å². The molecule has 0 aromatic rings. The molecular formula is C14H26N2O3. The van der Waals surface area contributed by atoms with Crippen molar-refractivity contribution in [2.75, 3.05) is 39.4 Å². The number of amides is 1. The predicted molar refractivity (Wildman–Crippen MR) is 72.9 cm³/mol. The third-order valence-electron chi connectivity index (χ3n) is 4.29. The third kappa shape index (κ3) is 3.91. The average molecular weight is 270 g/mol. The summed E-state index contributed by atoms with van der Waals surface area (Å²) in [6, 6.07) is 0.246. The molecule has 1 amide bonds. The highest BCUT2D eigenvalue weighted by atomic mass is 16.5. The minimum atomic E-state index is 0.145. The van der Waals surface area contributed by atoms with E-state index in [1.54, 1.807) is 0 Å². The largest absolute Gasteiger partial charge is 0.395 e. The van der Waals surface area contributed by atoms with Crippen molar-refractivity contribution >= 4 is 5.91 Å². The summed E-state index contributed by atoms with van der Waals surface area (Å²) in [6.45, 7) is 6.41. The van der Waals surface area contributed by atoms with Crippen LogP contribution in [0.3, 0.4) is 0 Å². The summed E-state index contributed by atoms with van der Waals surface area (Å²) in [5.74, 6) is 0.226. The number of hydrogen-bond acceptors (Lipinski definition) is 4. The second-order valence-corrected chi connectivity index (χ2v) is 5.50. The van der Waals surface area contributed by atoms with Gasteiger partial charge in [-0.15, -0.1) is 0 Å². The molecule has 0 spiro atoms. The van der Waals surface area contributed by atoms with Crippen LogP contribution in [0.5, 0.6) is 0 Å². The summed E-state index contributed by atoms with van der Waals surface area (Å²) in [5.41, 5.74) is 0. The van der Waals surface area contributed by atoms with Crippen LogP contribution in [0, 0.1) is 0 Å². The summed E-state index contributed by atoms with van der Waals surface area (Å²) < 4.78 is 5.52. The van der Waals surface area contributed by atoms with Gasteiger partial charge in [-0.05, 0) is 19.3 Å². The second-order valence-electron chi connectivity index (χ2n) is 5.50. The van der Waals surface area contributed by atoms with Crippen molar-refractivity contribution in [3.05, 3.63) is 0 Å². The van der Waals surface area contributed by atoms with Crippen molar-refractivity contribution in [2.45, 2.75) is 44.8 Å². The summed E-state index contributed by atoms with van der Waals surface area (Å²) in [7, 11) is 0. The van der Waals surface area contributed by atoms with Gasteiger partial charge in [0.25, 0.3) is 0 Å². The van der Waals surface area contributed by atoms with Gasteiger partial charge in [0.05, 0.1) is 19.1 Å². The Kier molecular flexibility index (Phi) is 5.60. The lowest BCUT2D eigenvalue weighted by molar-refractivity contribution is -0.135. The number of rotatable bonds is 5. The van der Waals surface area contributed by atoms with Crippen LogP contribution in [0.1, 0.15) is 32.6 Å². The maximum atomic E-state index is 12.1. The quantitative estimate of drug-likeness (QED) is 0.789.